The van der Waals surface area contributed by atoms with Gasteiger partial charge in [-0.2, -0.15) is 0 Å². The molecular formula is C21H31N3O4S. The molecule has 1 aliphatic rings. The molecule has 0 radical (unpaired) electrons. The van der Waals surface area contributed by atoms with Crippen LogP contribution in [0.5, 0.6) is 0 Å². The fraction of sp³-hybridized carbons (Fsp3) is 0.571. The van der Waals surface area contributed by atoms with Gasteiger partial charge in [-0.3, -0.25) is 4.79 Å². The normalized spacial score (nSPS) is 17.8. The SMILES string of the molecule is Cc1cc(C(=O)N2CCC[C@@H](CNS(=O)(=O)C(C)C)C2)c(C)n1Cc1ccco1. The van der Waals surface area contributed by atoms with Crippen LogP contribution in [0.25, 0.3) is 0 Å². The standard InChI is InChI=1S/C21H31N3O4S/c1-15(2)29(26,27)22-12-18-7-5-9-23(13-18)21(25)20-11-16(3)24(17(20)4)14-19-8-6-10-28-19/h6,8,10-11,15,18,22H,5,7,9,12-14H2,1-4H3/t18-/m0/s1. The molecule has 0 bridgehead atoms. The third kappa shape index (κ3) is 4.93. The number of aromatic nitrogens is 1. The van der Waals surface area contributed by atoms with E-state index >= 15 is 0 Å². The lowest BCUT2D eigenvalue weighted by atomic mass is 9.97. The fourth-order valence-corrected chi connectivity index (χ4v) is 4.61. The molecule has 1 fully saturated rings. The average Bonchev–Trinajstić information content (AvgIpc) is 3.30. The quantitative estimate of drug-likeness (QED) is 0.745. The number of piperidine rings is 1. The van der Waals surface area contributed by atoms with Crippen LogP contribution in [0.1, 0.15) is 54.2 Å². The number of amides is 1. The van der Waals surface area contributed by atoms with Crippen LogP contribution in [0, 0.1) is 19.8 Å². The number of hydrogen-bond donors (Lipinski definition) is 1. The van der Waals surface area contributed by atoms with E-state index in [9.17, 15) is 13.2 Å². The Kier molecular flexibility index (Phi) is 6.53. The van der Waals surface area contributed by atoms with Gasteiger partial charge in [0.2, 0.25) is 10.0 Å². The van der Waals surface area contributed by atoms with Crippen molar-refractivity contribution in [2.45, 2.75) is 52.3 Å². The monoisotopic (exact) mass is 421 g/mol. The van der Waals surface area contributed by atoms with Gasteiger partial charge >= 0.3 is 0 Å². The molecule has 1 aliphatic heterocycles. The van der Waals surface area contributed by atoms with E-state index < -0.39 is 15.3 Å². The molecule has 0 spiro atoms. The van der Waals surface area contributed by atoms with Crippen LogP contribution >= 0.6 is 0 Å². The number of aryl methyl sites for hydroxylation is 1. The second-order valence-corrected chi connectivity index (χ2v) is 10.5. The third-order valence-electron chi connectivity index (χ3n) is 5.70. The Labute approximate surface area is 173 Å². The summed E-state index contributed by atoms with van der Waals surface area (Å²) in [6.07, 6.45) is 3.45. The van der Waals surface area contributed by atoms with Crippen molar-refractivity contribution in [1.82, 2.24) is 14.2 Å². The maximum absolute atomic E-state index is 13.2. The summed E-state index contributed by atoms with van der Waals surface area (Å²) in [5.74, 6) is 0.995. The summed E-state index contributed by atoms with van der Waals surface area (Å²) in [7, 11) is -3.29. The topological polar surface area (TPSA) is 84.5 Å². The second kappa shape index (κ2) is 8.75. The number of likely N-dealkylation sites (tertiary alicyclic amines) is 1. The highest BCUT2D eigenvalue weighted by atomic mass is 32.2. The van der Waals surface area contributed by atoms with Crippen molar-refractivity contribution in [3.63, 3.8) is 0 Å². The highest BCUT2D eigenvalue weighted by molar-refractivity contribution is 7.90. The van der Waals surface area contributed by atoms with Crippen LogP contribution in [0.2, 0.25) is 0 Å². The van der Waals surface area contributed by atoms with Crippen LogP contribution in [0.15, 0.2) is 28.9 Å². The second-order valence-electron chi connectivity index (χ2n) is 8.15. The van der Waals surface area contributed by atoms with E-state index in [0.29, 0.717) is 31.7 Å². The van der Waals surface area contributed by atoms with E-state index in [1.807, 2.05) is 36.9 Å². The van der Waals surface area contributed by atoms with Crippen molar-refractivity contribution in [2.24, 2.45) is 5.92 Å². The molecule has 1 N–H and O–H groups in total. The summed E-state index contributed by atoms with van der Waals surface area (Å²) in [6.45, 7) is 9.53. The largest absolute Gasteiger partial charge is 0.467 e. The maximum Gasteiger partial charge on any atom is 0.255 e. The van der Waals surface area contributed by atoms with E-state index in [1.165, 1.54) is 0 Å². The van der Waals surface area contributed by atoms with Crippen molar-refractivity contribution in [3.05, 3.63) is 47.2 Å². The Morgan fingerprint density at radius 2 is 2.10 bits per heavy atom. The zero-order chi connectivity index (χ0) is 21.2. The van der Waals surface area contributed by atoms with Crippen molar-refractivity contribution < 1.29 is 17.6 Å². The maximum atomic E-state index is 13.2. The molecule has 7 nitrogen and oxygen atoms in total. The minimum absolute atomic E-state index is 0.0141. The zero-order valence-corrected chi connectivity index (χ0v) is 18.5. The molecular weight excluding hydrogens is 390 g/mol. The van der Waals surface area contributed by atoms with Crippen molar-refractivity contribution in [1.29, 1.82) is 0 Å². The van der Waals surface area contributed by atoms with E-state index in [0.717, 1.165) is 30.0 Å². The summed E-state index contributed by atoms with van der Waals surface area (Å²) in [5.41, 5.74) is 2.64. The number of sulfonamides is 1. The first-order valence-electron chi connectivity index (χ1n) is 10.2. The number of carbonyl (C=O) groups is 1. The van der Waals surface area contributed by atoms with Gasteiger partial charge in [0, 0.05) is 31.0 Å². The molecule has 0 unspecified atom stereocenters. The molecule has 2 aromatic rings. The van der Waals surface area contributed by atoms with E-state index in [4.69, 9.17) is 4.42 Å². The Bertz CT molecular complexity index is 945. The minimum atomic E-state index is -3.29. The lowest BCUT2D eigenvalue weighted by molar-refractivity contribution is 0.0675. The lowest BCUT2D eigenvalue weighted by Gasteiger charge is -2.33. The summed E-state index contributed by atoms with van der Waals surface area (Å²) < 4.78 is 34.3. The first-order chi connectivity index (χ1) is 13.7. The highest BCUT2D eigenvalue weighted by Gasteiger charge is 2.28. The van der Waals surface area contributed by atoms with E-state index in [-0.39, 0.29) is 11.8 Å². The molecule has 0 aromatic carbocycles. The summed E-state index contributed by atoms with van der Waals surface area (Å²) in [4.78, 5) is 15.1. The Hall–Kier alpha value is -2.06. The minimum Gasteiger partial charge on any atom is -0.467 e. The lowest BCUT2D eigenvalue weighted by Crippen LogP contribution is -2.44. The predicted octanol–water partition coefficient (Wildman–Crippen LogP) is 2.93. The van der Waals surface area contributed by atoms with Crippen LogP contribution in [0.3, 0.4) is 0 Å². The van der Waals surface area contributed by atoms with Crippen molar-refractivity contribution in [3.8, 4) is 0 Å². The van der Waals surface area contributed by atoms with Crippen molar-refractivity contribution >= 4 is 15.9 Å². The number of rotatable bonds is 7. The molecule has 8 heteroatoms. The molecule has 0 aliphatic carbocycles. The molecule has 0 saturated carbocycles. The number of nitrogens with one attached hydrogen (secondary N) is 1. The Morgan fingerprint density at radius 3 is 2.76 bits per heavy atom. The first-order valence-corrected chi connectivity index (χ1v) is 11.7. The van der Waals surface area contributed by atoms with Gasteiger partial charge in [-0.1, -0.05) is 0 Å². The van der Waals surface area contributed by atoms with Gasteiger partial charge in [0.1, 0.15) is 5.76 Å². The summed E-state index contributed by atoms with van der Waals surface area (Å²) >= 11 is 0. The van der Waals surface area contributed by atoms with Gasteiger partial charge in [0.15, 0.2) is 0 Å². The fourth-order valence-electron chi connectivity index (χ4n) is 3.81. The number of nitrogens with zero attached hydrogens (tertiary/aromatic N) is 2. The zero-order valence-electron chi connectivity index (χ0n) is 17.6. The molecule has 1 saturated heterocycles. The van der Waals surface area contributed by atoms with E-state index in [2.05, 4.69) is 9.29 Å². The summed E-state index contributed by atoms with van der Waals surface area (Å²) in [6, 6.07) is 5.72. The smallest absolute Gasteiger partial charge is 0.255 e. The van der Waals surface area contributed by atoms with Gasteiger partial charge < -0.3 is 13.9 Å². The molecule has 1 amide bonds. The van der Waals surface area contributed by atoms with Gasteiger partial charge in [0.25, 0.3) is 5.91 Å². The van der Waals surface area contributed by atoms with Crippen molar-refractivity contribution in [2.75, 3.05) is 19.6 Å². The van der Waals surface area contributed by atoms with E-state index in [1.54, 1.807) is 20.1 Å². The van der Waals surface area contributed by atoms with Gasteiger partial charge in [-0.15, -0.1) is 0 Å². The molecule has 2 aromatic heterocycles. The number of hydrogen-bond acceptors (Lipinski definition) is 4. The van der Waals surface area contributed by atoms with Gasteiger partial charge in [0.05, 0.1) is 23.6 Å². The third-order valence-corrected chi connectivity index (χ3v) is 7.51. The molecule has 29 heavy (non-hydrogen) atoms. The van der Waals surface area contributed by atoms with Crippen LogP contribution in [-0.2, 0) is 16.6 Å². The van der Waals surface area contributed by atoms with Crippen LogP contribution in [0.4, 0.5) is 0 Å². The Balaban J connectivity index is 1.68. The number of carbonyl (C=O) groups excluding carboxylic acids is 1. The molecule has 3 heterocycles. The first kappa shape index (κ1) is 21.6. The summed E-state index contributed by atoms with van der Waals surface area (Å²) in [5, 5.41) is -0.455. The van der Waals surface area contributed by atoms with Gasteiger partial charge in [-0.05, 0) is 64.7 Å². The predicted molar refractivity (Wildman–Crippen MR) is 112 cm³/mol. The van der Waals surface area contributed by atoms with Crippen LogP contribution < -0.4 is 4.72 Å². The molecule has 160 valence electrons. The van der Waals surface area contributed by atoms with Gasteiger partial charge in [-0.25, -0.2) is 13.1 Å². The number of furan rings is 1. The average molecular weight is 422 g/mol. The van der Waals surface area contributed by atoms with Crippen LogP contribution in [-0.4, -0.2) is 48.7 Å². The Morgan fingerprint density at radius 1 is 1.34 bits per heavy atom. The molecule has 3 rings (SSSR count). The highest BCUT2D eigenvalue weighted by Crippen LogP contribution is 2.23. The molecule has 1 atom stereocenters.